The molecule has 0 atom stereocenters. The van der Waals surface area contributed by atoms with Crippen molar-refractivity contribution >= 4 is 0 Å². The van der Waals surface area contributed by atoms with E-state index in [4.69, 9.17) is 13.6 Å². The first-order chi connectivity index (χ1) is 14.4. The summed E-state index contributed by atoms with van der Waals surface area (Å²) in [5, 5.41) is 0. The Balaban J connectivity index is 1.49. The zero-order valence-corrected chi connectivity index (χ0v) is 18.0. The van der Waals surface area contributed by atoms with Crippen LogP contribution in [0.15, 0.2) is 70.2 Å². The highest BCUT2D eigenvalue weighted by Gasteiger charge is 2.08. The number of oxazole rings is 1. The molecule has 0 saturated heterocycles. The Morgan fingerprint density at radius 2 is 2.07 bits per heavy atom. The minimum Gasteiger partial charge on any atom is -0.486 e. The van der Waals surface area contributed by atoms with E-state index >= 15 is 0 Å². The Labute approximate surface area is 178 Å². The molecule has 156 valence electrons. The molecule has 5 heteroatoms. The summed E-state index contributed by atoms with van der Waals surface area (Å²) in [7, 11) is 2.09. The predicted octanol–water partition coefficient (Wildman–Crippen LogP) is 5.55. The third-order valence-corrected chi connectivity index (χ3v) is 4.17. The lowest BCUT2D eigenvalue weighted by atomic mass is 9.98. The van der Waals surface area contributed by atoms with Crippen LogP contribution in [0.25, 0.3) is 11.3 Å². The fourth-order valence-electron chi connectivity index (χ4n) is 2.76. The Hall–Kier alpha value is -3.23. The van der Waals surface area contributed by atoms with Crippen molar-refractivity contribution in [1.29, 1.82) is 0 Å². The maximum atomic E-state index is 5.90. The van der Waals surface area contributed by atoms with E-state index < -0.39 is 0 Å². The Morgan fingerprint density at radius 1 is 1.20 bits per heavy atom. The summed E-state index contributed by atoms with van der Waals surface area (Å²) in [5.74, 6) is 8.51. The zero-order chi connectivity index (χ0) is 21.4. The Morgan fingerprint density at radius 3 is 2.83 bits per heavy atom. The molecule has 3 rings (SSSR count). The summed E-state index contributed by atoms with van der Waals surface area (Å²) in [6.07, 6.45) is 8.71. The summed E-state index contributed by atoms with van der Waals surface area (Å²) >= 11 is 0. The minimum atomic E-state index is 0.0316. The lowest BCUT2D eigenvalue weighted by Crippen LogP contribution is -2.17. The molecule has 0 saturated carbocycles. The molecule has 0 unspecified atom stereocenters. The van der Waals surface area contributed by atoms with Crippen LogP contribution in [0.1, 0.15) is 32.1 Å². The molecule has 0 bridgehead atoms. The topological polar surface area (TPSA) is 51.6 Å². The van der Waals surface area contributed by atoms with Gasteiger partial charge in [0.2, 0.25) is 0 Å². The van der Waals surface area contributed by atoms with Crippen LogP contribution in [-0.2, 0) is 13.2 Å². The number of furan rings is 1. The van der Waals surface area contributed by atoms with Crippen LogP contribution in [0.5, 0.6) is 5.75 Å². The molecule has 2 heterocycles. The summed E-state index contributed by atoms with van der Waals surface area (Å²) in [6, 6.07) is 10.0. The van der Waals surface area contributed by atoms with Crippen molar-refractivity contribution in [2.45, 2.75) is 33.9 Å². The molecular weight excluding hydrogens is 376 g/mol. The van der Waals surface area contributed by atoms with E-state index in [-0.39, 0.29) is 5.41 Å². The fourth-order valence-corrected chi connectivity index (χ4v) is 2.76. The molecule has 0 N–H and O–H groups in total. The first-order valence-corrected chi connectivity index (χ1v) is 9.93. The number of hydrogen-bond donors (Lipinski definition) is 0. The highest BCUT2D eigenvalue weighted by atomic mass is 16.5. The van der Waals surface area contributed by atoms with Gasteiger partial charge in [-0.3, -0.25) is 4.90 Å². The molecule has 0 aliphatic heterocycles. The largest absolute Gasteiger partial charge is 0.486 e. The van der Waals surface area contributed by atoms with Gasteiger partial charge in [-0.05, 0) is 57.7 Å². The van der Waals surface area contributed by atoms with Gasteiger partial charge >= 0.3 is 0 Å². The molecule has 0 spiro atoms. The minimum absolute atomic E-state index is 0.0316. The van der Waals surface area contributed by atoms with Gasteiger partial charge in [0.05, 0.1) is 11.8 Å². The first kappa shape index (κ1) is 21.5. The smallest absolute Gasteiger partial charge is 0.181 e. The van der Waals surface area contributed by atoms with Crippen LogP contribution in [-0.4, -0.2) is 23.5 Å². The predicted molar refractivity (Wildman–Crippen MR) is 118 cm³/mol. The van der Waals surface area contributed by atoms with E-state index in [2.05, 4.69) is 67.8 Å². The lowest BCUT2D eigenvalue weighted by molar-refractivity contribution is 0.269. The van der Waals surface area contributed by atoms with E-state index in [0.717, 1.165) is 30.2 Å². The molecule has 0 radical (unpaired) electrons. The monoisotopic (exact) mass is 404 g/mol. The molecule has 0 amide bonds. The number of hydrogen-bond acceptors (Lipinski definition) is 5. The van der Waals surface area contributed by atoms with E-state index in [1.165, 1.54) is 12.0 Å². The van der Waals surface area contributed by atoms with E-state index in [9.17, 15) is 0 Å². The average molecular weight is 405 g/mol. The van der Waals surface area contributed by atoms with Crippen molar-refractivity contribution in [3.63, 3.8) is 0 Å². The molecule has 2 aromatic heterocycles. The number of nitrogens with zero attached hydrogens (tertiary/aromatic N) is 2. The molecule has 0 aliphatic carbocycles. The van der Waals surface area contributed by atoms with Crippen LogP contribution in [0.4, 0.5) is 0 Å². The van der Waals surface area contributed by atoms with Crippen LogP contribution in [0.3, 0.4) is 0 Å². The number of likely N-dealkylation sites (N-methyl/N-ethyl adjacent to an activating group) is 1. The third kappa shape index (κ3) is 6.98. The second-order valence-electron chi connectivity index (χ2n) is 8.22. The number of aromatic nitrogens is 1. The molecule has 5 nitrogen and oxygen atoms in total. The van der Waals surface area contributed by atoms with E-state index in [0.29, 0.717) is 12.4 Å². The van der Waals surface area contributed by atoms with Crippen molar-refractivity contribution in [2.24, 2.45) is 5.41 Å². The first-order valence-electron chi connectivity index (χ1n) is 9.93. The third-order valence-electron chi connectivity index (χ3n) is 4.17. The summed E-state index contributed by atoms with van der Waals surface area (Å²) in [5.41, 5.74) is 2.07. The zero-order valence-electron chi connectivity index (χ0n) is 18.0. The summed E-state index contributed by atoms with van der Waals surface area (Å²) in [4.78, 5) is 6.14. The average Bonchev–Trinajstić information content (AvgIpc) is 3.37. The fraction of sp³-hybridized carbons (Fsp3) is 0.320. The summed E-state index contributed by atoms with van der Waals surface area (Å²) < 4.78 is 16.7. The van der Waals surface area contributed by atoms with Gasteiger partial charge in [-0.25, -0.2) is 4.98 Å². The molecule has 30 heavy (non-hydrogen) atoms. The van der Waals surface area contributed by atoms with E-state index in [1.807, 2.05) is 24.3 Å². The molecular formula is C25H28N2O3. The van der Waals surface area contributed by atoms with Gasteiger partial charge in [0.15, 0.2) is 12.2 Å². The maximum Gasteiger partial charge on any atom is 0.181 e. The van der Waals surface area contributed by atoms with Gasteiger partial charge in [-0.1, -0.05) is 30.0 Å². The number of ether oxygens (including phenoxy) is 1. The lowest BCUT2D eigenvalue weighted by Gasteiger charge is -2.15. The van der Waals surface area contributed by atoms with Gasteiger partial charge in [-0.2, -0.15) is 0 Å². The van der Waals surface area contributed by atoms with Crippen molar-refractivity contribution in [1.82, 2.24) is 9.88 Å². The SMILES string of the molecule is CN(C/C=C/C#CC(C)(C)C)Cc1cccc(OCc2cc(-c3cnco3)co2)c1. The molecule has 1 aromatic carbocycles. The van der Waals surface area contributed by atoms with Crippen molar-refractivity contribution in [3.05, 3.63) is 72.7 Å². The van der Waals surface area contributed by atoms with Crippen molar-refractivity contribution < 1.29 is 13.6 Å². The molecule has 0 fully saturated rings. The van der Waals surface area contributed by atoms with Crippen molar-refractivity contribution in [3.8, 4) is 28.9 Å². The number of benzene rings is 1. The summed E-state index contributed by atoms with van der Waals surface area (Å²) in [6.45, 7) is 8.33. The Kier molecular flexibility index (Phi) is 7.16. The van der Waals surface area contributed by atoms with Crippen LogP contribution in [0, 0.1) is 17.3 Å². The van der Waals surface area contributed by atoms with Gasteiger partial charge in [0.1, 0.15) is 24.4 Å². The quantitative estimate of drug-likeness (QED) is 0.461. The van der Waals surface area contributed by atoms with E-state index in [1.54, 1.807) is 12.5 Å². The van der Waals surface area contributed by atoms with Gasteiger partial charge in [-0.15, -0.1) is 0 Å². The standard InChI is InChI=1S/C25H28N2O3/c1-25(2,3)11-6-5-7-12-27(4)16-20-9-8-10-22(13-20)29-18-23-14-21(17-28-23)24-15-26-19-30-24/h5,7-10,13-15,17,19H,12,16,18H2,1-4H3/b7-5+. The van der Waals surface area contributed by atoms with Crippen molar-refractivity contribution in [2.75, 3.05) is 13.6 Å². The van der Waals surface area contributed by atoms with Crippen LogP contribution >= 0.6 is 0 Å². The highest BCUT2D eigenvalue weighted by molar-refractivity contribution is 5.54. The second-order valence-corrected chi connectivity index (χ2v) is 8.22. The Bertz CT molecular complexity index is 1010. The molecule has 3 aromatic rings. The normalized spacial score (nSPS) is 11.6. The van der Waals surface area contributed by atoms with Gasteiger partial charge in [0, 0.05) is 18.5 Å². The maximum absolute atomic E-state index is 5.90. The number of allylic oxidation sites excluding steroid dienone is 1. The molecule has 0 aliphatic rings. The number of rotatable bonds is 8. The van der Waals surface area contributed by atoms with Gasteiger partial charge in [0.25, 0.3) is 0 Å². The second kappa shape index (κ2) is 10.00. The van der Waals surface area contributed by atoms with Crippen LogP contribution in [0.2, 0.25) is 0 Å². The van der Waals surface area contributed by atoms with Crippen LogP contribution < -0.4 is 4.74 Å². The van der Waals surface area contributed by atoms with Gasteiger partial charge < -0.3 is 13.6 Å². The highest BCUT2D eigenvalue weighted by Crippen LogP contribution is 2.23.